The molecule has 0 spiro atoms. The Hall–Kier alpha value is -2.77. The first-order valence-electron chi connectivity index (χ1n) is 9.96. The van der Waals surface area contributed by atoms with Gasteiger partial charge in [0.2, 0.25) is 5.88 Å². The lowest BCUT2D eigenvalue weighted by atomic mass is 9.98. The summed E-state index contributed by atoms with van der Waals surface area (Å²) in [4.78, 5) is 0. The van der Waals surface area contributed by atoms with Gasteiger partial charge in [-0.2, -0.15) is 0 Å². The molecule has 0 bridgehead atoms. The molecule has 3 rings (SSSR count). The third-order valence-electron chi connectivity index (χ3n) is 5.28. The summed E-state index contributed by atoms with van der Waals surface area (Å²) in [5, 5.41) is 14.2. The Morgan fingerprint density at radius 3 is 2.57 bits per heavy atom. The number of ether oxygens (including phenoxy) is 1. The predicted octanol–water partition coefficient (Wildman–Crippen LogP) is 4.90. The summed E-state index contributed by atoms with van der Waals surface area (Å²) in [6.45, 7) is 6.52. The normalized spacial score (nSPS) is 17.3. The summed E-state index contributed by atoms with van der Waals surface area (Å²) >= 11 is 0. The van der Waals surface area contributed by atoms with Crippen molar-refractivity contribution >= 4 is 0 Å². The van der Waals surface area contributed by atoms with Gasteiger partial charge >= 0.3 is 0 Å². The van der Waals surface area contributed by atoms with Gasteiger partial charge in [0.15, 0.2) is 0 Å². The Labute approximate surface area is 174 Å². The summed E-state index contributed by atoms with van der Waals surface area (Å²) in [6, 6.07) is 3.48. The van der Waals surface area contributed by atoms with Gasteiger partial charge < -0.3 is 15.4 Å². The predicted molar refractivity (Wildman–Crippen MR) is 110 cm³/mol. The van der Waals surface area contributed by atoms with Crippen molar-refractivity contribution in [2.24, 2.45) is 0 Å². The molecule has 0 saturated heterocycles. The lowest BCUT2D eigenvalue weighted by molar-refractivity contribution is 0.211. The fourth-order valence-electron chi connectivity index (χ4n) is 3.50. The monoisotopic (exact) mass is 420 g/mol. The second-order valence-electron chi connectivity index (χ2n) is 7.99. The topological polar surface area (TPSA) is 59.1 Å². The molecule has 8 heteroatoms. The highest BCUT2D eigenvalue weighted by Crippen LogP contribution is 2.35. The number of nitrogens with zero attached hydrogens (tertiary/aromatic N) is 2. The zero-order valence-electron chi connectivity index (χ0n) is 17.8. The molecule has 162 valence electrons. The minimum absolute atomic E-state index is 0.00500. The van der Waals surface area contributed by atoms with Gasteiger partial charge in [-0.15, -0.1) is 10.2 Å². The Bertz CT molecular complexity index is 956. The first-order valence-corrected chi connectivity index (χ1v) is 9.96. The van der Waals surface area contributed by atoms with E-state index in [9.17, 15) is 13.2 Å². The number of hydrogen-bond acceptors (Lipinski definition) is 5. The molecule has 30 heavy (non-hydrogen) atoms. The molecule has 2 heterocycles. The number of benzene rings is 1. The van der Waals surface area contributed by atoms with E-state index in [1.807, 2.05) is 6.20 Å². The molecule has 2 N–H and O–H groups in total. The molecule has 1 aliphatic heterocycles. The van der Waals surface area contributed by atoms with E-state index >= 15 is 0 Å². The van der Waals surface area contributed by atoms with Crippen molar-refractivity contribution in [3.05, 3.63) is 52.9 Å². The lowest BCUT2D eigenvalue weighted by Gasteiger charge is -2.19. The molecule has 1 aromatic carbocycles. The van der Waals surface area contributed by atoms with Crippen molar-refractivity contribution in [2.45, 2.75) is 58.3 Å². The van der Waals surface area contributed by atoms with E-state index in [-0.39, 0.29) is 28.3 Å². The molecule has 0 radical (unpaired) electrons. The van der Waals surface area contributed by atoms with Crippen LogP contribution in [-0.2, 0) is 5.67 Å². The average Bonchev–Trinajstić information content (AvgIpc) is 3.15. The highest BCUT2D eigenvalue weighted by atomic mass is 19.1. The zero-order valence-corrected chi connectivity index (χ0v) is 17.8. The summed E-state index contributed by atoms with van der Waals surface area (Å²) in [5.74, 6) is -1.24. The number of hydrogen-bond donors (Lipinski definition) is 2. The summed E-state index contributed by atoms with van der Waals surface area (Å²) in [7, 11) is 1.35. The van der Waals surface area contributed by atoms with Crippen LogP contribution >= 0.6 is 0 Å². The van der Waals surface area contributed by atoms with Gasteiger partial charge in [0.25, 0.3) is 0 Å². The van der Waals surface area contributed by atoms with Gasteiger partial charge in [0.1, 0.15) is 17.3 Å². The average molecular weight is 420 g/mol. The SMILES string of the molecule is CCC1CC(NC(C)c2cc(F)c(-c3cc(C(C)(C)F)c(OC)nn3)cc2F)=CN1. The van der Waals surface area contributed by atoms with Crippen molar-refractivity contribution < 1.29 is 17.9 Å². The third-order valence-corrected chi connectivity index (χ3v) is 5.28. The Morgan fingerprint density at radius 1 is 1.23 bits per heavy atom. The molecule has 0 aliphatic carbocycles. The highest BCUT2D eigenvalue weighted by Gasteiger charge is 2.27. The fraction of sp³-hybridized carbons (Fsp3) is 0.455. The van der Waals surface area contributed by atoms with E-state index < -0.39 is 23.3 Å². The number of halogens is 3. The molecule has 1 aromatic heterocycles. The van der Waals surface area contributed by atoms with Crippen LogP contribution in [0.3, 0.4) is 0 Å². The van der Waals surface area contributed by atoms with E-state index in [4.69, 9.17) is 4.74 Å². The smallest absolute Gasteiger partial charge is 0.239 e. The van der Waals surface area contributed by atoms with Crippen molar-refractivity contribution in [3.63, 3.8) is 0 Å². The second kappa shape index (κ2) is 8.53. The van der Waals surface area contributed by atoms with Crippen molar-refractivity contribution in [3.8, 4) is 17.1 Å². The lowest BCUT2D eigenvalue weighted by Crippen LogP contribution is -2.20. The fourth-order valence-corrected chi connectivity index (χ4v) is 3.50. The van der Waals surface area contributed by atoms with Gasteiger partial charge in [0, 0.05) is 35.5 Å². The van der Waals surface area contributed by atoms with Gasteiger partial charge in [-0.3, -0.25) is 0 Å². The molecular weight excluding hydrogens is 393 g/mol. The first kappa shape index (κ1) is 21.9. The molecule has 2 aromatic rings. The second-order valence-corrected chi connectivity index (χ2v) is 7.99. The minimum Gasteiger partial charge on any atom is -0.480 e. The van der Waals surface area contributed by atoms with E-state index in [1.165, 1.54) is 27.0 Å². The summed E-state index contributed by atoms with van der Waals surface area (Å²) < 4.78 is 49.3. The van der Waals surface area contributed by atoms with Crippen LogP contribution in [0.2, 0.25) is 0 Å². The molecule has 2 atom stereocenters. The van der Waals surface area contributed by atoms with E-state index in [1.54, 1.807) is 6.92 Å². The standard InChI is InChI=1S/C22H27F3N4O/c1-6-13-7-14(11-26-13)27-12(2)15-8-19(24)16(9-18(15)23)20-10-17(22(3,4)25)21(30-5)29-28-20/h8-13,26-27H,6-7H2,1-5H3. The van der Waals surface area contributed by atoms with Crippen molar-refractivity contribution in [2.75, 3.05) is 7.11 Å². The first-order chi connectivity index (χ1) is 14.1. The molecule has 5 nitrogen and oxygen atoms in total. The number of aromatic nitrogens is 2. The summed E-state index contributed by atoms with van der Waals surface area (Å²) in [5.41, 5.74) is -0.577. The molecular formula is C22H27F3N4O. The van der Waals surface area contributed by atoms with Crippen molar-refractivity contribution in [1.82, 2.24) is 20.8 Å². The van der Waals surface area contributed by atoms with Crippen LogP contribution < -0.4 is 15.4 Å². The molecule has 2 unspecified atom stereocenters. The van der Waals surface area contributed by atoms with Gasteiger partial charge in [0.05, 0.1) is 24.4 Å². The Balaban J connectivity index is 1.90. The van der Waals surface area contributed by atoms with E-state index in [0.29, 0.717) is 6.04 Å². The molecule has 0 amide bonds. The quantitative estimate of drug-likeness (QED) is 0.667. The van der Waals surface area contributed by atoms with Crippen LogP contribution in [0.4, 0.5) is 13.2 Å². The minimum atomic E-state index is -1.79. The van der Waals surface area contributed by atoms with Crippen LogP contribution in [0.1, 0.15) is 57.7 Å². The number of methoxy groups -OCH3 is 1. The number of rotatable bonds is 7. The van der Waals surface area contributed by atoms with Crippen LogP contribution in [0.5, 0.6) is 5.88 Å². The molecule has 0 fully saturated rings. The maximum atomic E-state index is 14.9. The van der Waals surface area contributed by atoms with Crippen LogP contribution in [0.15, 0.2) is 30.1 Å². The maximum absolute atomic E-state index is 14.9. The van der Waals surface area contributed by atoms with Gasteiger partial charge in [-0.25, -0.2) is 13.2 Å². The third kappa shape index (κ3) is 4.52. The van der Waals surface area contributed by atoms with Crippen LogP contribution in [0, 0.1) is 11.6 Å². The Kier molecular flexibility index (Phi) is 6.24. The molecule has 1 aliphatic rings. The van der Waals surface area contributed by atoms with E-state index in [0.717, 1.165) is 30.7 Å². The zero-order chi connectivity index (χ0) is 22.1. The van der Waals surface area contributed by atoms with Crippen molar-refractivity contribution in [1.29, 1.82) is 0 Å². The van der Waals surface area contributed by atoms with Crippen LogP contribution in [0.25, 0.3) is 11.3 Å². The summed E-state index contributed by atoms with van der Waals surface area (Å²) in [6.07, 6.45) is 3.67. The van der Waals surface area contributed by atoms with E-state index in [2.05, 4.69) is 27.8 Å². The Morgan fingerprint density at radius 2 is 1.97 bits per heavy atom. The van der Waals surface area contributed by atoms with Gasteiger partial charge in [-0.1, -0.05) is 6.92 Å². The highest BCUT2D eigenvalue weighted by molar-refractivity contribution is 5.62. The maximum Gasteiger partial charge on any atom is 0.239 e. The number of nitrogens with one attached hydrogen (secondary N) is 2. The largest absolute Gasteiger partial charge is 0.480 e. The molecule has 0 saturated carbocycles. The van der Waals surface area contributed by atoms with Crippen LogP contribution in [-0.4, -0.2) is 23.3 Å². The number of alkyl halides is 1. The van der Waals surface area contributed by atoms with Gasteiger partial charge in [-0.05, 0) is 45.4 Å².